The van der Waals surface area contributed by atoms with Crippen LogP contribution in [0.1, 0.15) is 29.5 Å². The van der Waals surface area contributed by atoms with Crippen molar-refractivity contribution < 1.29 is 14.4 Å². The molecule has 0 spiro atoms. The van der Waals surface area contributed by atoms with E-state index in [9.17, 15) is 5.11 Å². The van der Waals surface area contributed by atoms with E-state index in [2.05, 4.69) is 15.0 Å². The number of likely N-dealkylation sites (tertiary alicyclic amines) is 1. The summed E-state index contributed by atoms with van der Waals surface area (Å²) in [5, 5.41) is 14.4. The summed E-state index contributed by atoms with van der Waals surface area (Å²) < 4.78 is 10.8. The van der Waals surface area contributed by atoms with Gasteiger partial charge in [0.2, 0.25) is 11.7 Å². The van der Waals surface area contributed by atoms with E-state index in [1.54, 1.807) is 7.11 Å². The van der Waals surface area contributed by atoms with E-state index in [4.69, 9.17) is 9.26 Å². The summed E-state index contributed by atoms with van der Waals surface area (Å²) in [7, 11) is 1.66. The molecule has 0 amide bonds. The molecule has 1 aromatic heterocycles. The Kier molecular flexibility index (Phi) is 4.92. The maximum atomic E-state index is 10.2. The molecule has 3 aromatic rings. The molecule has 6 heteroatoms. The highest BCUT2D eigenvalue weighted by Crippen LogP contribution is 2.33. The minimum Gasteiger partial charge on any atom is -0.497 e. The number of methoxy groups -OCH3 is 1. The number of nitrogens with zero attached hydrogens (tertiary/aromatic N) is 3. The molecule has 4 rings (SSSR count). The van der Waals surface area contributed by atoms with Gasteiger partial charge in [-0.1, -0.05) is 41.1 Å². The summed E-state index contributed by atoms with van der Waals surface area (Å²) in [6.45, 7) is 3.32. The molecule has 27 heavy (non-hydrogen) atoms. The van der Waals surface area contributed by atoms with E-state index in [1.165, 1.54) is 0 Å². The van der Waals surface area contributed by atoms with Gasteiger partial charge in [-0.3, -0.25) is 4.90 Å². The van der Waals surface area contributed by atoms with E-state index >= 15 is 0 Å². The summed E-state index contributed by atoms with van der Waals surface area (Å²) in [4.78, 5) is 6.79. The number of aryl methyl sites for hydroxylation is 1. The van der Waals surface area contributed by atoms with Crippen molar-refractivity contribution in [2.45, 2.75) is 32.0 Å². The Labute approximate surface area is 158 Å². The van der Waals surface area contributed by atoms with Crippen molar-refractivity contribution in [3.8, 4) is 17.1 Å². The zero-order valence-corrected chi connectivity index (χ0v) is 15.5. The third-order valence-electron chi connectivity index (χ3n) is 4.93. The van der Waals surface area contributed by atoms with Crippen LogP contribution in [0.15, 0.2) is 53.1 Å². The molecule has 1 N–H and O–H groups in total. The number of aliphatic hydroxyl groups is 1. The molecule has 0 saturated carbocycles. The van der Waals surface area contributed by atoms with Crippen LogP contribution in [-0.4, -0.2) is 39.9 Å². The molecular weight excluding hydrogens is 342 g/mol. The van der Waals surface area contributed by atoms with E-state index in [-0.39, 0.29) is 6.04 Å². The molecule has 0 radical (unpaired) electrons. The highest BCUT2D eigenvalue weighted by molar-refractivity contribution is 5.55. The quantitative estimate of drug-likeness (QED) is 0.747. The fourth-order valence-electron chi connectivity index (χ4n) is 3.55. The molecule has 140 valence electrons. The molecule has 1 aliphatic heterocycles. The Hall–Kier alpha value is -2.70. The zero-order chi connectivity index (χ0) is 18.8. The Morgan fingerprint density at radius 2 is 2.04 bits per heavy atom. The molecule has 0 aliphatic carbocycles. The van der Waals surface area contributed by atoms with E-state index in [1.807, 2.05) is 55.5 Å². The average molecular weight is 365 g/mol. The Balaban J connectivity index is 1.54. The van der Waals surface area contributed by atoms with Crippen LogP contribution in [0.4, 0.5) is 0 Å². The Morgan fingerprint density at radius 1 is 1.22 bits per heavy atom. The zero-order valence-electron chi connectivity index (χ0n) is 15.5. The number of hydrogen-bond donors (Lipinski definition) is 1. The highest BCUT2D eigenvalue weighted by Gasteiger charge is 2.35. The van der Waals surface area contributed by atoms with Crippen molar-refractivity contribution in [3.05, 3.63) is 65.5 Å². The highest BCUT2D eigenvalue weighted by atomic mass is 16.5. The Morgan fingerprint density at radius 3 is 2.78 bits per heavy atom. The Bertz CT molecular complexity index is 907. The van der Waals surface area contributed by atoms with Crippen LogP contribution in [0, 0.1) is 6.92 Å². The lowest BCUT2D eigenvalue weighted by molar-refractivity contribution is 0.169. The van der Waals surface area contributed by atoms with Crippen LogP contribution in [0.3, 0.4) is 0 Å². The number of β-amino-alcohol motifs (C(OH)–C–C–N with tert-alkyl or cyclic N) is 1. The first-order valence-corrected chi connectivity index (χ1v) is 9.08. The van der Waals surface area contributed by atoms with Crippen LogP contribution in [0.5, 0.6) is 5.75 Å². The van der Waals surface area contributed by atoms with Crippen LogP contribution in [-0.2, 0) is 6.54 Å². The number of benzene rings is 2. The summed E-state index contributed by atoms with van der Waals surface area (Å²) in [6.07, 6.45) is 0.188. The topological polar surface area (TPSA) is 71.6 Å². The number of aromatic nitrogens is 2. The molecule has 1 saturated heterocycles. The summed E-state index contributed by atoms with van der Waals surface area (Å²) in [5.41, 5.74) is 3.23. The maximum Gasteiger partial charge on any atom is 0.244 e. The molecule has 1 fully saturated rings. The van der Waals surface area contributed by atoms with E-state index in [0.29, 0.717) is 31.2 Å². The monoisotopic (exact) mass is 365 g/mol. The minimum atomic E-state index is -0.400. The molecular formula is C21H23N3O3. The fourth-order valence-corrected chi connectivity index (χ4v) is 3.55. The minimum absolute atomic E-state index is 0.0897. The van der Waals surface area contributed by atoms with Gasteiger partial charge in [-0.2, -0.15) is 4.98 Å². The van der Waals surface area contributed by atoms with Crippen molar-refractivity contribution >= 4 is 0 Å². The summed E-state index contributed by atoms with van der Waals surface area (Å²) in [6, 6.07) is 15.9. The predicted molar refractivity (Wildman–Crippen MR) is 101 cm³/mol. The van der Waals surface area contributed by atoms with Gasteiger partial charge in [0.1, 0.15) is 5.75 Å². The van der Waals surface area contributed by atoms with Gasteiger partial charge in [-0.15, -0.1) is 0 Å². The van der Waals surface area contributed by atoms with E-state index in [0.717, 1.165) is 22.4 Å². The summed E-state index contributed by atoms with van der Waals surface area (Å²) >= 11 is 0. The van der Waals surface area contributed by atoms with Gasteiger partial charge < -0.3 is 14.4 Å². The van der Waals surface area contributed by atoms with Crippen LogP contribution >= 0.6 is 0 Å². The van der Waals surface area contributed by atoms with Crippen LogP contribution in [0.25, 0.3) is 11.4 Å². The first-order valence-electron chi connectivity index (χ1n) is 9.08. The number of rotatable bonds is 5. The number of ether oxygens (including phenoxy) is 1. The van der Waals surface area contributed by atoms with Gasteiger partial charge >= 0.3 is 0 Å². The van der Waals surface area contributed by atoms with Crippen molar-refractivity contribution in [3.63, 3.8) is 0 Å². The number of aliphatic hydroxyl groups excluding tert-OH is 1. The molecule has 0 bridgehead atoms. The lowest BCUT2D eigenvalue weighted by atomic mass is 10.1. The normalized spacial score (nSPS) is 20.1. The lowest BCUT2D eigenvalue weighted by Gasteiger charge is -2.21. The first kappa shape index (κ1) is 17.7. The fraction of sp³-hybridized carbons (Fsp3) is 0.333. The standard InChI is InChI=1S/C21H23N3O3/c1-14-4-3-5-16(10-14)20-22-21(27-23-20)19-11-17(25)13-24(19)12-15-6-8-18(26-2)9-7-15/h3-10,17,19,25H,11-13H2,1-2H3/t17-,19+/m1/s1. The van der Waals surface area contributed by atoms with Crippen LogP contribution in [0.2, 0.25) is 0 Å². The third-order valence-corrected chi connectivity index (χ3v) is 4.93. The van der Waals surface area contributed by atoms with Crippen molar-refractivity contribution in [2.24, 2.45) is 0 Å². The third kappa shape index (κ3) is 3.86. The molecule has 6 nitrogen and oxygen atoms in total. The van der Waals surface area contributed by atoms with Gasteiger partial charge in [0, 0.05) is 18.7 Å². The molecule has 1 aliphatic rings. The smallest absolute Gasteiger partial charge is 0.244 e. The molecule has 2 atom stereocenters. The molecule has 2 aromatic carbocycles. The van der Waals surface area contributed by atoms with Crippen molar-refractivity contribution in [1.29, 1.82) is 0 Å². The second-order valence-electron chi connectivity index (χ2n) is 7.01. The first-order chi connectivity index (χ1) is 13.1. The van der Waals surface area contributed by atoms with Gasteiger partial charge in [0.15, 0.2) is 0 Å². The lowest BCUT2D eigenvalue weighted by Crippen LogP contribution is -2.24. The van der Waals surface area contributed by atoms with Gasteiger partial charge in [-0.05, 0) is 37.1 Å². The predicted octanol–water partition coefficient (Wildman–Crippen LogP) is 3.36. The van der Waals surface area contributed by atoms with Gasteiger partial charge in [-0.25, -0.2) is 0 Å². The number of hydrogen-bond acceptors (Lipinski definition) is 6. The van der Waals surface area contributed by atoms with Gasteiger partial charge in [0.25, 0.3) is 0 Å². The molecule has 0 unspecified atom stereocenters. The molecule has 2 heterocycles. The second-order valence-corrected chi connectivity index (χ2v) is 7.01. The summed E-state index contributed by atoms with van der Waals surface area (Å²) in [5.74, 6) is 1.97. The second kappa shape index (κ2) is 7.50. The van der Waals surface area contributed by atoms with Crippen molar-refractivity contribution in [2.75, 3.05) is 13.7 Å². The average Bonchev–Trinajstić information content (AvgIpc) is 3.29. The van der Waals surface area contributed by atoms with E-state index < -0.39 is 6.10 Å². The van der Waals surface area contributed by atoms with Gasteiger partial charge in [0.05, 0.1) is 19.3 Å². The maximum absolute atomic E-state index is 10.2. The van der Waals surface area contributed by atoms with Crippen molar-refractivity contribution in [1.82, 2.24) is 15.0 Å². The largest absolute Gasteiger partial charge is 0.497 e. The van der Waals surface area contributed by atoms with Crippen LogP contribution < -0.4 is 4.74 Å². The SMILES string of the molecule is COc1ccc(CN2C[C@H](O)C[C@H]2c2nc(-c3cccc(C)c3)no2)cc1.